The van der Waals surface area contributed by atoms with Crippen molar-refractivity contribution in [2.45, 2.75) is 18.9 Å². The Labute approximate surface area is 99.0 Å². The third-order valence-corrected chi connectivity index (χ3v) is 3.19. The van der Waals surface area contributed by atoms with Gasteiger partial charge in [0.1, 0.15) is 11.3 Å². The largest absolute Gasteiger partial charge is 0.508 e. The van der Waals surface area contributed by atoms with Crippen molar-refractivity contribution in [1.29, 1.82) is 0 Å². The highest BCUT2D eigenvalue weighted by molar-refractivity contribution is 6.07. The summed E-state index contributed by atoms with van der Waals surface area (Å²) in [7, 11) is 1.45. The molecule has 90 valence electrons. The molecule has 0 spiro atoms. The van der Waals surface area contributed by atoms with E-state index in [1.807, 2.05) is 6.92 Å². The van der Waals surface area contributed by atoms with Gasteiger partial charge in [-0.3, -0.25) is 9.69 Å². The van der Waals surface area contributed by atoms with E-state index >= 15 is 0 Å². The van der Waals surface area contributed by atoms with E-state index in [0.717, 1.165) is 4.90 Å². The minimum Gasteiger partial charge on any atom is -0.508 e. The fraction of sp³-hybridized carbons (Fsp3) is 0.333. The molecule has 1 atom stereocenters. The highest BCUT2D eigenvalue weighted by atomic mass is 16.3. The summed E-state index contributed by atoms with van der Waals surface area (Å²) in [6.45, 7) is 1.84. The lowest BCUT2D eigenvalue weighted by Crippen LogP contribution is -2.43. The lowest BCUT2D eigenvalue weighted by atomic mass is 9.87. The number of imide groups is 1. The second kappa shape index (κ2) is 3.76. The Bertz CT molecular complexity index is 469. The Balaban J connectivity index is 2.49. The highest BCUT2D eigenvalue weighted by Crippen LogP contribution is 2.32. The first-order chi connectivity index (χ1) is 8.01. The Kier molecular flexibility index (Phi) is 2.53. The van der Waals surface area contributed by atoms with Crippen LogP contribution in [0.4, 0.5) is 4.79 Å². The molecule has 1 saturated heterocycles. The number of urea groups is 1. The molecule has 2 N–H and O–H groups in total. The zero-order valence-electron chi connectivity index (χ0n) is 9.73. The summed E-state index contributed by atoms with van der Waals surface area (Å²) in [6.07, 6.45) is 0.465. The predicted molar refractivity (Wildman–Crippen MR) is 61.4 cm³/mol. The van der Waals surface area contributed by atoms with Gasteiger partial charge in [-0.2, -0.15) is 0 Å². The summed E-state index contributed by atoms with van der Waals surface area (Å²) in [4.78, 5) is 24.8. The van der Waals surface area contributed by atoms with Crippen molar-refractivity contribution in [3.63, 3.8) is 0 Å². The van der Waals surface area contributed by atoms with Crippen molar-refractivity contribution in [3.8, 4) is 5.75 Å². The van der Waals surface area contributed by atoms with Gasteiger partial charge in [0.2, 0.25) is 0 Å². The Morgan fingerprint density at radius 3 is 2.29 bits per heavy atom. The molecule has 1 fully saturated rings. The minimum absolute atomic E-state index is 0.130. The average Bonchev–Trinajstić information content (AvgIpc) is 2.55. The molecule has 0 bridgehead atoms. The molecule has 0 aromatic heterocycles. The van der Waals surface area contributed by atoms with Gasteiger partial charge in [0.15, 0.2) is 0 Å². The maximum Gasteiger partial charge on any atom is 0.325 e. The van der Waals surface area contributed by atoms with Crippen LogP contribution >= 0.6 is 0 Å². The van der Waals surface area contributed by atoms with E-state index < -0.39 is 11.6 Å². The quantitative estimate of drug-likeness (QED) is 0.755. The summed E-state index contributed by atoms with van der Waals surface area (Å²) in [5.41, 5.74) is -0.319. The van der Waals surface area contributed by atoms with Crippen LogP contribution in [0.25, 0.3) is 0 Å². The van der Waals surface area contributed by atoms with Crippen molar-refractivity contribution in [1.82, 2.24) is 10.2 Å². The first kappa shape index (κ1) is 11.4. The van der Waals surface area contributed by atoms with Crippen LogP contribution in [0.2, 0.25) is 0 Å². The maximum absolute atomic E-state index is 12.1. The lowest BCUT2D eigenvalue weighted by Gasteiger charge is -2.25. The van der Waals surface area contributed by atoms with Crippen LogP contribution in [0.3, 0.4) is 0 Å². The van der Waals surface area contributed by atoms with E-state index in [2.05, 4.69) is 5.32 Å². The van der Waals surface area contributed by atoms with Crippen LogP contribution in [-0.2, 0) is 10.3 Å². The van der Waals surface area contributed by atoms with Gasteiger partial charge in [0, 0.05) is 7.05 Å². The van der Waals surface area contributed by atoms with Crippen LogP contribution < -0.4 is 5.32 Å². The summed E-state index contributed by atoms with van der Waals surface area (Å²) in [5, 5.41) is 12.0. The molecule has 1 aromatic carbocycles. The molecule has 5 nitrogen and oxygen atoms in total. The summed E-state index contributed by atoms with van der Waals surface area (Å²) < 4.78 is 0. The maximum atomic E-state index is 12.1. The van der Waals surface area contributed by atoms with Gasteiger partial charge in [0.05, 0.1) is 0 Å². The molecular formula is C12H14N2O3. The second-order valence-corrected chi connectivity index (χ2v) is 4.10. The molecule has 1 heterocycles. The SMILES string of the molecule is CCC1(c2ccc(O)cc2)NC(=O)N(C)C1=O. The van der Waals surface area contributed by atoms with Crippen LogP contribution in [0.1, 0.15) is 18.9 Å². The smallest absolute Gasteiger partial charge is 0.325 e. The lowest BCUT2D eigenvalue weighted by molar-refractivity contribution is -0.130. The molecule has 0 saturated carbocycles. The van der Waals surface area contributed by atoms with E-state index in [1.165, 1.54) is 19.2 Å². The summed E-state index contributed by atoms with van der Waals surface area (Å²) >= 11 is 0. The first-order valence-electron chi connectivity index (χ1n) is 5.41. The number of carbonyl (C=O) groups is 2. The third-order valence-electron chi connectivity index (χ3n) is 3.19. The molecule has 3 amide bonds. The number of likely N-dealkylation sites (N-methyl/N-ethyl adjacent to an activating group) is 1. The monoisotopic (exact) mass is 234 g/mol. The normalized spacial score (nSPS) is 24.0. The van der Waals surface area contributed by atoms with Crippen LogP contribution in [-0.4, -0.2) is 29.0 Å². The molecule has 2 rings (SSSR count). The number of phenols is 1. The number of aromatic hydroxyl groups is 1. The molecule has 1 aromatic rings. The molecule has 1 unspecified atom stereocenters. The van der Waals surface area contributed by atoms with Crippen molar-refractivity contribution in [2.24, 2.45) is 0 Å². The van der Waals surface area contributed by atoms with E-state index in [9.17, 15) is 14.7 Å². The van der Waals surface area contributed by atoms with Crippen molar-refractivity contribution in [3.05, 3.63) is 29.8 Å². The molecular weight excluding hydrogens is 220 g/mol. The van der Waals surface area contributed by atoms with Gasteiger partial charge in [-0.25, -0.2) is 4.79 Å². The van der Waals surface area contributed by atoms with E-state index in [0.29, 0.717) is 12.0 Å². The number of hydrogen-bond donors (Lipinski definition) is 2. The molecule has 17 heavy (non-hydrogen) atoms. The van der Waals surface area contributed by atoms with Gasteiger partial charge in [-0.1, -0.05) is 19.1 Å². The molecule has 1 aliphatic heterocycles. The fourth-order valence-corrected chi connectivity index (χ4v) is 2.08. The number of nitrogens with one attached hydrogen (secondary N) is 1. The topological polar surface area (TPSA) is 69.6 Å². The fourth-order valence-electron chi connectivity index (χ4n) is 2.08. The van der Waals surface area contributed by atoms with Crippen molar-refractivity contribution < 1.29 is 14.7 Å². The third kappa shape index (κ3) is 1.54. The van der Waals surface area contributed by atoms with E-state index in [-0.39, 0.29) is 11.7 Å². The summed E-state index contributed by atoms with van der Waals surface area (Å²) in [5.74, 6) is -0.138. The number of carbonyl (C=O) groups excluding carboxylic acids is 2. The van der Waals surface area contributed by atoms with Gasteiger partial charge >= 0.3 is 6.03 Å². The van der Waals surface area contributed by atoms with Crippen LogP contribution in [0.15, 0.2) is 24.3 Å². The van der Waals surface area contributed by atoms with Crippen LogP contribution in [0, 0.1) is 0 Å². The summed E-state index contributed by atoms with van der Waals surface area (Å²) in [6, 6.07) is 5.91. The molecule has 0 aliphatic carbocycles. The van der Waals surface area contributed by atoms with E-state index in [4.69, 9.17) is 0 Å². The number of amides is 3. The van der Waals surface area contributed by atoms with E-state index in [1.54, 1.807) is 12.1 Å². The second-order valence-electron chi connectivity index (χ2n) is 4.10. The zero-order valence-corrected chi connectivity index (χ0v) is 9.73. The van der Waals surface area contributed by atoms with Gasteiger partial charge in [-0.05, 0) is 24.1 Å². The zero-order chi connectivity index (χ0) is 12.6. The van der Waals surface area contributed by atoms with Crippen molar-refractivity contribution in [2.75, 3.05) is 7.05 Å². The number of phenolic OH excluding ortho intramolecular Hbond substituents is 1. The predicted octanol–water partition coefficient (Wildman–Crippen LogP) is 1.18. The van der Waals surface area contributed by atoms with Gasteiger partial charge < -0.3 is 10.4 Å². The molecule has 0 radical (unpaired) electrons. The average molecular weight is 234 g/mol. The Morgan fingerprint density at radius 1 is 1.29 bits per heavy atom. The first-order valence-corrected chi connectivity index (χ1v) is 5.41. The Morgan fingerprint density at radius 2 is 1.88 bits per heavy atom. The van der Waals surface area contributed by atoms with Crippen molar-refractivity contribution >= 4 is 11.9 Å². The molecule has 1 aliphatic rings. The number of nitrogens with zero attached hydrogens (tertiary/aromatic N) is 1. The van der Waals surface area contributed by atoms with Gasteiger partial charge in [0.25, 0.3) is 5.91 Å². The number of rotatable bonds is 2. The standard InChI is InChI=1S/C12H14N2O3/c1-3-12(8-4-6-9(15)7-5-8)10(16)14(2)11(17)13-12/h4-7,15H,3H2,1-2H3,(H,13,17). The molecule has 5 heteroatoms. The number of benzene rings is 1. The van der Waals surface area contributed by atoms with Crippen LogP contribution in [0.5, 0.6) is 5.75 Å². The number of hydrogen-bond acceptors (Lipinski definition) is 3. The Hall–Kier alpha value is -2.04. The van der Waals surface area contributed by atoms with Gasteiger partial charge in [-0.15, -0.1) is 0 Å². The highest BCUT2D eigenvalue weighted by Gasteiger charge is 2.49. The minimum atomic E-state index is -1.00.